The van der Waals surface area contributed by atoms with Gasteiger partial charge >= 0.3 is 0 Å². The van der Waals surface area contributed by atoms with Crippen LogP contribution in [-0.4, -0.2) is 13.3 Å². The van der Waals surface area contributed by atoms with Crippen LogP contribution in [-0.2, 0) is 16.6 Å². The molecule has 0 spiro atoms. The zero-order chi connectivity index (χ0) is 21.9. The minimum Gasteiger partial charge on any atom is -0.262 e. The first-order chi connectivity index (χ1) is 14.2. The SMILES string of the molecule is N#Cc1cccc(CN(c2cccc([N+](=O)[O-])c2)S(=O)(=O)c2ccc(F)c(F)c2)c1. The molecule has 0 fully saturated rings. The number of rotatable bonds is 6. The van der Waals surface area contributed by atoms with E-state index in [0.29, 0.717) is 17.7 Å². The number of hydrogen-bond acceptors (Lipinski definition) is 5. The summed E-state index contributed by atoms with van der Waals surface area (Å²) >= 11 is 0. The monoisotopic (exact) mass is 429 g/mol. The number of sulfonamides is 1. The molecule has 0 amide bonds. The molecule has 3 aromatic rings. The highest BCUT2D eigenvalue weighted by atomic mass is 32.2. The Balaban J connectivity index is 2.15. The lowest BCUT2D eigenvalue weighted by Crippen LogP contribution is -2.30. The highest BCUT2D eigenvalue weighted by Gasteiger charge is 2.27. The lowest BCUT2D eigenvalue weighted by molar-refractivity contribution is -0.384. The number of nitro groups is 1. The molecule has 0 bridgehead atoms. The number of anilines is 1. The predicted octanol–water partition coefficient (Wildman–Crippen LogP) is 4.14. The third-order valence-corrected chi connectivity index (χ3v) is 5.96. The first-order valence-corrected chi connectivity index (χ1v) is 9.87. The zero-order valence-electron chi connectivity index (χ0n) is 15.2. The number of non-ortho nitro benzene ring substituents is 1. The van der Waals surface area contributed by atoms with Crippen LogP contribution >= 0.6 is 0 Å². The van der Waals surface area contributed by atoms with E-state index < -0.39 is 31.5 Å². The number of halogens is 2. The van der Waals surface area contributed by atoms with Crippen LogP contribution < -0.4 is 4.31 Å². The number of nitro benzene ring substituents is 1. The third-order valence-electron chi connectivity index (χ3n) is 4.19. The van der Waals surface area contributed by atoms with Crippen molar-refractivity contribution in [2.45, 2.75) is 11.4 Å². The minimum absolute atomic E-state index is 0.0451. The molecular weight excluding hydrogens is 416 g/mol. The van der Waals surface area contributed by atoms with Gasteiger partial charge in [0.1, 0.15) is 0 Å². The van der Waals surface area contributed by atoms with Gasteiger partial charge < -0.3 is 0 Å². The Morgan fingerprint density at radius 2 is 1.73 bits per heavy atom. The second-order valence-electron chi connectivity index (χ2n) is 6.18. The molecule has 0 aliphatic rings. The molecule has 0 radical (unpaired) electrons. The predicted molar refractivity (Wildman–Crippen MR) is 104 cm³/mol. The van der Waals surface area contributed by atoms with Gasteiger partial charge in [0.05, 0.1) is 33.7 Å². The largest absolute Gasteiger partial charge is 0.271 e. The standard InChI is InChI=1S/C20H13F2N3O4S/c21-19-8-7-18(11-20(19)22)30(28,29)24(13-15-4-1-3-14(9-15)12-23)16-5-2-6-17(10-16)25(26)27/h1-11H,13H2. The maximum atomic E-state index is 13.7. The smallest absolute Gasteiger partial charge is 0.262 e. The van der Waals surface area contributed by atoms with Gasteiger partial charge in [-0.15, -0.1) is 0 Å². The summed E-state index contributed by atoms with van der Waals surface area (Å²) in [7, 11) is -4.43. The molecule has 0 aliphatic heterocycles. The van der Waals surface area contributed by atoms with E-state index in [-0.39, 0.29) is 23.5 Å². The first kappa shape index (κ1) is 20.9. The molecule has 3 rings (SSSR count). The quantitative estimate of drug-likeness (QED) is 0.433. The average Bonchev–Trinajstić information content (AvgIpc) is 2.74. The van der Waals surface area contributed by atoms with Gasteiger partial charge in [0.2, 0.25) is 0 Å². The molecule has 0 atom stereocenters. The number of hydrogen-bond donors (Lipinski definition) is 0. The van der Waals surface area contributed by atoms with Crippen molar-refractivity contribution in [3.63, 3.8) is 0 Å². The lowest BCUT2D eigenvalue weighted by atomic mass is 10.1. The summed E-state index contributed by atoms with van der Waals surface area (Å²) in [4.78, 5) is 9.93. The molecule has 0 aliphatic carbocycles. The summed E-state index contributed by atoms with van der Waals surface area (Å²) in [6.45, 7) is -0.294. The van der Waals surface area contributed by atoms with Crippen LogP contribution in [0, 0.1) is 33.1 Å². The molecule has 0 N–H and O–H groups in total. The van der Waals surface area contributed by atoms with Crippen molar-refractivity contribution < 1.29 is 22.1 Å². The molecule has 0 saturated carbocycles. The summed E-state index contributed by atoms with van der Waals surface area (Å²) in [6, 6.07) is 15.1. The van der Waals surface area contributed by atoms with Crippen LogP contribution in [0.4, 0.5) is 20.2 Å². The number of benzene rings is 3. The van der Waals surface area contributed by atoms with Crippen molar-refractivity contribution in [1.82, 2.24) is 0 Å². The number of nitriles is 1. The van der Waals surface area contributed by atoms with E-state index in [4.69, 9.17) is 5.26 Å². The summed E-state index contributed by atoms with van der Waals surface area (Å²) in [5.74, 6) is -2.56. The Morgan fingerprint density at radius 1 is 1.00 bits per heavy atom. The topological polar surface area (TPSA) is 104 Å². The van der Waals surface area contributed by atoms with Crippen molar-refractivity contribution in [2.24, 2.45) is 0 Å². The Bertz CT molecular complexity index is 1270. The maximum Gasteiger partial charge on any atom is 0.271 e. The van der Waals surface area contributed by atoms with Crippen LogP contribution in [0.25, 0.3) is 0 Å². The summed E-state index contributed by atoms with van der Waals surface area (Å²) in [6.07, 6.45) is 0. The summed E-state index contributed by atoms with van der Waals surface area (Å²) in [5, 5.41) is 20.2. The molecule has 3 aromatic carbocycles. The van der Waals surface area contributed by atoms with Crippen LogP contribution in [0.1, 0.15) is 11.1 Å². The third kappa shape index (κ3) is 4.26. The van der Waals surface area contributed by atoms with Gasteiger partial charge in [0, 0.05) is 12.1 Å². The second-order valence-corrected chi connectivity index (χ2v) is 8.04. The van der Waals surface area contributed by atoms with Gasteiger partial charge in [-0.2, -0.15) is 5.26 Å². The van der Waals surface area contributed by atoms with Crippen molar-refractivity contribution in [1.29, 1.82) is 5.26 Å². The van der Waals surface area contributed by atoms with Crippen LogP contribution in [0.3, 0.4) is 0 Å². The van der Waals surface area contributed by atoms with Gasteiger partial charge in [0.25, 0.3) is 15.7 Å². The molecule has 0 unspecified atom stereocenters. The fraction of sp³-hybridized carbons (Fsp3) is 0.0500. The normalized spacial score (nSPS) is 11.0. The Hall–Kier alpha value is -3.84. The fourth-order valence-corrected chi connectivity index (χ4v) is 4.20. The Labute approximate surface area is 170 Å². The van der Waals surface area contributed by atoms with E-state index in [1.807, 2.05) is 6.07 Å². The van der Waals surface area contributed by atoms with Crippen molar-refractivity contribution in [3.8, 4) is 6.07 Å². The lowest BCUT2D eigenvalue weighted by Gasteiger charge is -2.24. The van der Waals surface area contributed by atoms with Gasteiger partial charge in [-0.25, -0.2) is 17.2 Å². The van der Waals surface area contributed by atoms with E-state index in [1.165, 1.54) is 30.3 Å². The zero-order valence-corrected chi connectivity index (χ0v) is 16.0. The van der Waals surface area contributed by atoms with Gasteiger partial charge in [-0.05, 0) is 42.0 Å². The van der Waals surface area contributed by atoms with E-state index in [1.54, 1.807) is 12.1 Å². The average molecular weight is 429 g/mol. The van der Waals surface area contributed by atoms with Crippen LogP contribution in [0.15, 0.2) is 71.6 Å². The van der Waals surface area contributed by atoms with Crippen molar-refractivity contribution >= 4 is 21.4 Å². The maximum absolute atomic E-state index is 13.7. The molecule has 0 aromatic heterocycles. The molecular formula is C20H13F2N3O4S. The van der Waals surface area contributed by atoms with Crippen molar-refractivity contribution in [3.05, 3.63) is 99.6 Å². The first-order valence-electron chi connectivity index (χ1n) is 8.43. The van der Waals surface area contributed by atoms with Crippen LogP contribution in [0.5, 0.6) is 0 Å². The van der Waals surface area contributed by atoms with E-state index in [2.05, 4.69) is 0 Å². The molecule has 0 heterocycles. The molecule has 0 saturated heterocycles. The number of nitrogens with zero attached hydrogens (tertiary/aromatic N) is 3. The Kier molecular flexibility index (Phi) is 5.75. The molecule has 152 valence electrons. The van der Waals surface area contributed by atoms with E-state index in [9.17, 15) is 27.3 Å². The highest BCUT2D eigenvalue weighted by Crippen LogP contribution is 2.29. The van der Waals surface area contributed by atoms with E-state index in [0.717, 1.165) is 16.4 Å². The fourth-order valence-electron chi connectivity index (χ4n) is 2.75. The molecule has 30 heavy (non-hydrogen) atoms. The van der Waals surface area contributed by atoms with Gasteiger partial charge in [-0.1, -0.05) is 18.2 Å². The minimum atomic E-state index is -4.43. The second kappa shape index (κ2) is 8.26. The van der Waals surface area contributed by atoms with Gasteiger partial charge in [0.15, 0.2) is 11.6 Å². The summed E-state index contributed by atoms with van der Waals surface area (Å²) < 4.78 is 54.3. The van der Waals surface area contributed by atoms with Crippen LogP contribution in [0.2, 0.25) is 0 Å². The summed E-state index contributed by atoms with van der Waals surface area (Å²) in [5.41, 5.74) is 0.323. The molecule has 10 heteroatoms. The van der Waals surface area contributed by atoms with E-state index >= 15 is 0 Å². The van der Waals surface area contributed by atoms with Gasteiger partial charge in [-0.3, -0.25) is 14.4 Å². The molecule has 7 nitrogen and oxygen atoms in total. The highest BCUT2D eigenvalue weighted by molar-refractivity contribution is 7.92. The van der Waals surface area contributed by atoms with Crippen molar-refractivity contribution in [2.75, 3.05) is 4.31 Å². The Morgan fingerprint density at radius 3 is 2.40 bits per heavy atom.